The molecule has 4 rings (SSSR count). The van der Waals surface area contributed by atoms with Crippen LogP contribution in [0.15, 0.2) is 41.3 Å². The summed E-state index contributed by atoms with van der Waals surface area (Å²) >= 11 is 12.2. The summed E-state index contributed by atoms with van der Waals surface area (Å²) < 4.78 is 45.4. The summed E-state index contributed by atoms with van der Waals surface area (Å²) in [6.07, 6.45) is 0.0931. The van der Waals surface area contributed by atoms with Gasteiger partial charge in [0.1, 0.15) is 18.4 Å². The summed E-state index contributed by atoms with van der Waals surface area (Å²) in [6, 6.07) is 7.39. The maximum absolute atomic E-state index is 13.9. The quantitative estimate of drug-likeness (QED) is 0.425. The van der Waals surface area contributed by atoms with Gasteiger partial charge in [-0.05, 0) is 49.6 Å². The van der Waals surface area contributed by atoms with Crippen LogP contribution in [0.25, 0.3) is 0 Å². The van der Waals surface area contributed by atoms with E-state index in [1.807, 2.05) is 0 Å². The van der Waals surface area contributed by atoms with Crippen molar-refractivity contribution in [3.05, 3.63) is 46.4 Å². The molecule has 214 valence electrons. The number of carbonyl (C=O) groups is 1. The third kappa shape index (κ3) is 6.23. The van der Waals surface area contributed by atoms with Crippen molar-refractivity contribution in [2.24, 2.45) is 5.92 Å². The van der Waals surface area contributed by atoms with Gasteiger partial charge < -0.3 is 29.3 Å². The lowest BCUT2D eigenvalue weighted by molar-refractivity contribution is -0.135. The number of halogens is 2. The number of benzene rings is 2. The van der Waals surface area contributed by atoms with E-state index in [0.717, 1.165) is 0 Å². The molecule has 4 atom stereocenters. The lowest BCUT2D eigenvalue weighted by atomic mass is 9.87. The maximum atomic E-state index is 13.9. The van der Waals surface area contributed by atoms with Crippen molar-refractivity contribution in [1.29, 1.82) is 0 Å². The number of carbonyl (C=O) groups excluding carboxylic acids is 1. The zero-order chi connectivity index (χ0) is 28.3. The predicted octanol–water partition coefficient (Wildman–Crippen LogP) is 2.81. The molecule has 2 heterocycles. The first-order valence-electron chi connectivity index (χ1n) is 12.5. The molecule has 0 aromatic heterocycles. The third-order valence-corrected chi connectivity index (χ3v) is 9.56. The predicted molar refractivity (Wildman–Crippen MR) is 145 cm³/mol. The Hall–Kier alpha value is -2.28. The molecule has 2 aliphatic rings. The Morgan fingerprint density at radius 1 is 1.05 bits per heavy atom. The Bertz CT molecular complexity index is 1270. The van der Waals surface area contributed by atoms with Crippen molar-refractivity contribution in [2.45, 2.75) is 42.3 Å². The summed E-state index contributed by atoms with van der Waals surface area (Å²) in [5.74, 6) is 0.419. The van der Waals surface area contributed by atoms with Crippen molar-refractivity contribution in [1.82, 2.24) is 9.21 Å². The summed E-state index contributed by atoms with van der Waals surface area (Å²) in [6.45, 7) is -0.272. The minimum absolute atomic E-state index is 0.0549. The van der Waals surface area contributed by atoms with Gasteiger partial charge in [-0.25, -0.2) is 8.42 Å². The highest BCUT2D eigenvalue weighted by Crippen LogP contribution is 2.39. The molecule has 0 aliphatic carbocycles. The number of sulfonamides is 1. The molecule has 0 spiro atoms. The fourth-order valence-electron chi connectivity index (χ4n) is 5.36. The van der Waals surface area contributed by atoms with Crippen LogP contribution >= 0.6 is 23.2 Å². The average molecular weight is 604 g/mol. The average Bonchev–Trinajstić information content (AvgIpc) is 2.99. The van der Waals surface area contributed by atoms with Gasteiger partial charge in [0.25, 0.3) is 0 Å². The van der Waals surface area contributed by atoms with Crippen molar-refractivity contribution >= 4 is 39.1 Å². The first kappa shape index (κ1) is 29.7. The fourth-order valence-corrected chi connectivity index (χ4v) is 7.96. The maximum Gasteiger partial charge on any atom is 0.244 e. The normalized spacial score (nSPS) is 22.8. The number of piperidine rings is 1. The van der Waals surface area contributed by atoms with E-state index in [2.05, 4.69) is 0 Å². The number of aliphatic hydroxyl groups excluding tert-OH is 2. The zero-order valence-corrected chi connectivity index (χ0v) is 24.0. The van der Waals surface area contributed by atoms with E-state index in [9.17, 15) is 23.4 Å². The van der Waals surface area contributed by atoms with Gasteiger partial charge in [0.15, 0.2) is 11.5 Å². The van der Waals surface area contributed by atoms with E-state index in [-0.39, 0.29) is 40.5 Å². The fraction of sp³-hybridized carbons (Fsp3) is 0.500. The number of nitrogens with zero attached hydrogens (tertiary/aromatic N) is 2. The molecule has 2 aliphatic heterocycles. The van der Waals surface area contributed by atoms with Crippen molar-refractivity contribution in [3.8, 4) is 17.2 Å². The van der Waals surface area contributed by atoms with Crippen molar-refractivity contribution in [3.63, 3.8) is 0 Å². The second kappa shape index (κ2) is 12.5. The molecule has 1 amide bonds. The van der Waals surface area contributed by atoms with Crippen LogP contribution in [0.1, 0.15) is 19.3 Å². The molecule has 2 bridgehead atoms. The summed E-state index contributed by atoms with van der Waals surface area (Å²) in [7, 11) is -1.19. The number of hydrogen-bond donors (Lipinski definition) is 2. The first-order valence-corrected chi connectivity index (χ1v) is 14.7. The highest BCUT2D eigenvalue weighted by atomic mass is 35.5. The van der Waals surface area contributed by atoms with Gasteiger partial charge in [0, 0.05) is 34.6 Å². The molecule has 1 unspecified atom stereocenters. The molecular weight excluding hydrogens is 571 g/mol. The summed E-state index contributed by atoms with van der Waals surface area (Å²) in [5, 5.41) is 20.9. The topological polar surface area (TPSA) is 126 Å². The Morgan fingerprint density at radius 3 is 2.38 bits per heavy atom. The van der Waals surface area contributed by atoms with Crippen LogP contribution < -0.4 is 14.2 Å². The van der Waals surface area contributed by atoms with Gasteiger partial charge in [-0.2, -0.15) is 4.31 Å². The lowest BCUT2D eigenvalue weighted by Crippen LogP contribution is -2.56. The zero-order valence-electron chi connectivity index (χ0n) is 21.6. The second-order valence-electron chi connectivity index (χ2n) is 9.52. The second-order valence-corrected chi connectivity index (χ2v) is 12.2. The number of hydrogen-bond acceptors (Lipinski definition) is 8. The van der Waals surface area contributed by atoms with Gasteiger partial charge in [-0.1, -0.05) is 23.2 Å². The Morgan fingerprint density at radius 2 is 1.74 bits per heavy atom. The van der Waals surface area contributed by atoms with Crippen LogP contribution in [0.4, 0.5) is 0 Å². The molecule has 10 nitrogen and oxygen atoms in total. The van der Waals surface area contributed by atoms with E-state index < -0.39 is 40.7 Å². The van der Waals surface area contributed by atoms with Crippen LogP contribution in [-0.2, 0) is 14.8 Å². The van der Waals surface area contributed by atoms with Gasteiger partial charge in [0.05, 0.1) is 38.4 Å². The number of rotatable bonds is 10. The third-order valence-electron chi connectivity index (χ3n) is 7.21. The molecule has 2 aromatic rings. The number of ether oxygens (including phenoxy) is 3. The van der Waals surface area contributed by atoms with Gasteiger partial charge in [-0.3, -0.25) is 4.79 Å². The van der Waals surface area contributed by atoms with E-state index in [4.69, 9.17) is 37.4 Å². The van der Waals surface area contributed by atoms with Crippen LogP contribution in [0.3, 0.4) is 0 Å². The highest BCUT2D eigenvalue weighted by Gasteiger charge is 2.51. The van der Waals surface area contributed by atoms with Gasteiger partial charge in [0.2, 0.25) is 15.9 Å². The van der Waals surface area contributed by atoms with Crippen molar-refractivity contribution < 1.29 is 37.6 Å². The van der Waals surface area contributed by atoms with E-state index in [1.165, 1.54) is 41.6 Å². The van der Waals surface area contributed by atoms with E-state index >= 15 is 0 Å². The largest absolute Gasteiger partial charge is 0.493 e. The standard InChI is InChI=1S/C26H32Cl2N2O8S/c1-36-24-7-6-18(13-25(24)37-2)38-9-8-29-14-20(23(32)15-31)21-4-3-5-22(26(29)33)30(21)39(34,35)19-11-16(27)10-17(28)12-19/h6-7,10-13,20-23,31-32H,3-5,8-9,14-15H2,1-2H3/t20-,21+,22-,23?/m0/s1. The molecule has 0 radical (unpaired) electrons. The van der Waals surface area contributed by atoms with Crippen LogP contribution in [-0.4, -0.2) is 92.5 Å². The smallest absolute Gasteiger partial charge is 0.244 e. The van der Waals surface area contributed by atoms with Crippen LogP contribution in [0, 0.1) is 5.92 Å². The first-order chi connectivity index (χ1) is 18.6. The molecule has 2 N–H and O–H groups in total. The van der Waals surface area contributed by atoms with Crippen molar-refractivity contribution in [2.75, 3.05) is 40.5 Å². The number of aliphatic hydroxyl groups is 2. The molecule has 13 heteroatoms. The number of fused-ring (bicyclic) bond motifs is 2. The molecule has 2 fully saturated rings. The molecular formula is C26H32Cl2N2O8S. The molecule has 0 saturated carbocycles. The van der Waals surface area contributed by atoms with Crippen LogP contribution in [0.2, 0.25) is 10.0 Å². The monoisotopic (exact) mass is 602 g/mol. The minimum Gasteiger partial charge on any atom is -0.493 e. The van der Waals surface area contributed by atoms with Gasteiger partial charge in [-0.15, -0.1) is 0 Å². The number of methoxy groups -OCH3 is 2. The number of amides is 1. The molecule has 2 saturated heterocycles. The summed E-state index contributed by atoms with van der Waals surface area (Å²) in [4.78, 5) is 15.2. The Balaban J connectivity index is 1.62. The Labute approximate surface area is 238 Å². The summed E-state index contributed by atoms with van der Waals surface area (Å²) in [5.41, 5.74) is 0. The van der Waals surface area contributed by atoms with Gasteiger partial charge >= 0.3 is 0 Å². The van der Waals surface area contributed by atoms with Crippen LogP contribution in [0.5, 0.6) is 17.2 Å². The van der Waals surface area contributed by atoms with E-state index in [0.29, 0.717) is 36.5 Å². The molecule has 2 aromatic carbocycles. The molecule has 39 heavy (non-hydrogen) atoms. The highest BCUT2D eigenvalue weighted by molar-refractivity contribution is 7.89. The SMILES string of the molecule is COc1ccc(OCCN2C[C@H](C(O)CO)[C@H]3CCC[C@@H](C2=O)N3S(=O)(=O)c2cc(Cl)cc(Cl)c2)cc1OC. The lowest BCUT2D eigenvalue weighted by Gasteiger charge is -2.41. The Kier molecular flexibility index (Phi) is 9.51. The van der Waals surface area contributed by atoms with E-state index in [1.54, 1.807) is 18.2 Å². The minimum atomic E-state index is -4.23.